The highest BCUT2D eigenvalue weighted by Crippen LogP contribution is 2.29. The Morgan fingerprint density at radius 3 is 2.73 bits per heavy atom. The zero-order chi connectivity index (χ0) is 16.8. The Bertz CT molecular complexity index is 610. The van der Waals surface area contributed by atoms with E-state index in [0.717, 1.165) is 5.56 Å². The van der Waals surface area contributed by atoms with Gasteiger partial charge in [-0.1, -0.05) is 13.2 Å². The number of rotatable bonds is 8. The number of esters is 1. The fraction of sp³-hybridized carbons (Fsp3) is 0.267. The summed E-state index contributed by atoms with van der Waals surface area (Å²) in [4.78, 5) is 27.6. The van der Waals surface area contributed by atoms with Gasteiger partial charge < -0.3 is 10.5 Å². The molecule has 118 valence electrons. The lowest BCUT2D eigenvalue weighted by Gasteiger charge is -2.28. The molecule has 22 heavy (non-hydrogen) atoms. The van der Waals surface area contributed by atoms with Gasteiger partial charge in [0, 0.05) is 6.42 Å². The van der Waals surface area contributed by atoms with Gasteiger partial charge in [0.15, 0.2) is 0 Å². The van der Waals surface area contributed by atoms with Crippen LogP contribution in [0.5, 0.6) is 0 Å². The van der Waals surface area contributed by atoms with E-state index >= 15 is 0 Å². The third-order valence-corrected chi connectivity index (χ3v) is 3.83. The first-order chi connectivity index (χ1) is 10.3. The molecule has 7 heteroatoms. The first-order valence-corrected chi connectivity index (χ1v) is 8.03. The summed E-state index contributed by atoms with van der Waals surface area (Å²) >= 11 is 4.60. The van der Waals surface area contributed by atoms with Crippen molar-refractivity contribution in [3.8, 4) is 0 Å². The molecule has 1 heterocycles. The number of hydrogen-bond donors (Lipinski definition) is 1. The molecule has 0 aliphatic rings. The van der Waals surface area contributed by atoms with E-state index in [1.54, 1.807) is 0 Å². The summed E-state index contributed by atoms with van der Waals surface area (Å²) in [6.45, 7) is 7.35. The van der Waals surface area contributed by atoms with E-state index < -0.39 is 11.5 Å². The number of ketones is 1. The molecule has 0 amide bonds. The Kier molecular flexibility index (Phi) is 6.86. The number of nitrogens with two attached hydrogens (primary N) is 1. The van der Waals surface area contributed by atoms with Crippen molar-refractivity contribution in [2.24, 2.45) is 10.7 Å². The van der Waals surface area contributed by atoms with Gasteiger partial charge >= 0.3 is 5.97 Å². The molecule has 0 radical (unpaired) electrons. The SMILES string of the molecule is C=C/C(=N\C(=C)Br)C(N)(CC(=O)CC(=O)OC)c1ccsc1. The van der Waals surface area contributed by atoms with Gasteiger partial charge in [0.25, 0.3) is 0 Å². The lowest BCUT2D eigenvalue weighted by molar-refractivity contribution is -0.143. The molecule has 0 spiro atoms. The minimum absolute atomic E-state index is 0.0933. The average molecular weight is 385 g/mol. The molecule has 0 aliphatic heterocycles. The van der Waals surface area contributed by atoms with Crippen molar-refractivity contribution >= 4 is 44.7 Å². The molecule has 1 unspecified atom stereocenters. The fourth-order valence-corrected chi connectivity index (χ4v) is 2.85. The molecule has 1 aromatic heterocycles. The summed E-state index contributed by atoms with van der Waals surface area (Å²) in [5.74, 6) is -0.935. The van der Waals surface area contributed by atoms with Crippen molar-refractivity contribution in [1.82, 2.24) is 0 Å². The monoisotopic (exact) mass is 384 g/mol. The van der Waals surface area contributed by atoms with Gasteiger partial charge in [0.2, 0.25) is 0 Å². The lowest BCUT2D eigenvalue weighted by Crippen LogP contribution is -2.46. The first kappa shape index (κ1) is 18.5. The number of carbonyl (C=O) groups is 2. The van der Waals surface area contributed by atoms with E-state index in [-0.39, 0.29) is 18.6 Å². The second kappa shape index (κ2) is 8.17. The second-order valence-electron chi connectivity index (χ2n) is 4.53. The number of carbonyl (C=O) groups excluding carboxylic acids is 2. The van der Waals surface area contributed by atoms with Crippen LogP contribution in [0.25, 0.3) is 0 Å². The van der Waals surface area contributed by atoms with Crippen molar-refractivity contribution in [2.75, 3.05) is 7.11 Å². The lowest BCUT2D eigenvalue weighted by atomic mass is 9.82. The van der Waals surface area contributed by atoms with Crippen LogP contribution in [0.4, 0.5) is 0 Å². The maximum atomic E-state index is 12.1. The zero-order valence-electron chi connectivity index (χ0n) is 12.2. The number of nitrogens with zero attached hydrogens (tertiary/aromatic N) is 1. The fourth-order valence-electron chi connectivity index (χ4n) is 1.92. The van der Waals surface area contributed by atoms with Crippen molar-refractivity contribution in [3.63, 3.8) is 0 Å². The molecule has 0 aromatic carbocycles. The highest BCUT2D eigenvalue weighted by atomic mass is 79.9. The first-order valence-electron chi connectivity index (χ1n) is 6.29. The number of hydrogen-bond acceptors (Lipinski definition) is 6. The van der Waals surface area contributed by atoms with Gasteiger partial charge in [0.05, 0.1) is 23.0 Å². The molecule has 2 N–H and O–H groups in total. The Labute approximate surface area is 141 Å². The van der Waals surface area contributed by atoms with Crippen LogP contribution in [0.15, 0.2) is 45.7 Å². The highest BCUT2D eigenvalue weighted by Gasteiger charge is 2.35. The quantitative estimate of drug-likeness (QED) is 0.323. The Hall–Kier alpha value is -1.57. The Balaban J connectivity index is 3.18. The summed E-state index contributed by atoms with van der Waals surface area (Å²) in [7, 11) is 1.23. The van der Waals surface area contributed by atoms with Crippen LogP contribution in [0.3, 0.4) is 0 Å². The van der Waals surface area contributed by atoms with Crippen LogP contribution >= 0.6 is 27.3 Å². The normalized spacial score (nSPS) is 14.0. The van der Waals surface area contributed by atoms with E-state index in [9.17, 15) is 9.59 Å². The molecule has 1 aromatic rings. The van der Waals surface area contributed by atoms with E-state index in [4.69, 9.17) is 5.73 Å². The molecular formula is C15H17BrN2O3S. The molecule has 0 aliphatic carbocycles. The third kappa shape index (κ3) is 4.72. The van der Waals surface area contributed by atoms with Gasteiger partial charge in [0.1, 0.15) is 12.2 Å². The predicted octanol–water partition coefficient (Wildman–Crippen LogP) is 2.92. The summed E-state index contributed by atoms with van der Waals surface area (Å²) in [6.07, 6.45) is 1.05. The minimum Gasteiger partial charge on any atom is -0.469 e. The Morgan fingerprint density at radius 1 is 1.59 bits per heavy atom. The van der Waals surface area contributed by atoms with Crippen molar-refractivity contribution < 1.29 is 14.3 Å². The van der Waals surface area contributed by atoms with E-state index in [1.807, 2.05) is 16.8 Å². The summed E-state index contributed by atoms with van der Waals surface area (Å²) in [6, 6.07) is 1.81. The van der Waals surface area contributed by atoms with Crippen LogP contribution in [-0.2, 0) is 19.9 Å². The molecule has 0 bridgehead atoms. The molecular weight excluding hydrogens is 368 g/mol. The average Bonchev–Trinajstić information content (AvgIpc) is 2.98. The maximum absolute atomic E-state index is 12.1. The van der Waals surface area contributed by atoms with Crippen LogP contribution < -0.4 is 5.73 Å². The zero-order valence-corrected chi connectivity index (χ0v) is 14.6. The molecule has 0 saturated heterocycles. The third-order valence-electron chi connectivity index (χ3n) is 2.97. The number of methoxy groups -OCH3 is 1. The number of ether oxygens (including phenoxy) is 1. The molecule has 1 rings (SSSR count). The summed E-state index contributed by atoms with van der Waals surface area (Å²) in [5, 5.41) is 3.69. The van der Waals surface area contributed by atoms with Crippen LogP contribution in [-0.4, -0.2) is 24.6 Å². The predicted molar refractivity (Wildman–Crippen MR) is 92.1 cm³/mol. The standard InChI is InChI=1S/C15H17BrN2O3S/c1-4-13(18-10(2)16)15(17,11-5-6-22-9-11)8-12(19)7-14(20)21-3/h4-6,9H,1-2,7-8,17H2,3H3/b18-13+. The summed E-state index contributed by atoms with van der Waals surface area (Å²) < 4.78 is 4.88. The molecule has 0 saturated carbocycles. The van der Waals surface area contributed by atoms with Crippen LogP contribution in [0.2, 0.25) is 0 Å². The van der Waals surface area contributed by atoms with Crippen molar-refractivity contribution in [2.45, 2.75) is 18.4 Å². The van der Waals surface area contributed by atoms with E-state index in [2.05, 4.69) is 38.8 Å². The molecule has 0 fully saturated rings. The minimum atomic E-state index is -1.18. The van der Waals surface area contributed by atoms with Gasteiger partial charge in [-0.05, 0) is 44.4 Å². The molecule has 5 nitrogen and oxygen atoms in total. The second-order valence-corrected chi connectivity index (χ2v) is 6.22. The highest BCUT2D eigenvalue weighted by molar-refractivity contribution is 9.11. The van der Waals surface area contributed by atoms with E-state index in [0.29, 0.717) is 10.3 Å². The maximum Gasteiger partial charge on any atom is 0.313 e. The summed E-state index contributed by atoms with van der Waals surface area (Å²) in [5.41, 5.74) is 6.40. The number of thiophene rings is 1. The van der Waals surface area contributed by atoms with Crippen molar-refractivity contribution in [1.29, 1.82) is 0 Å². The van der Waals surface area contributed by atoms with Gasteiger partial charge in [-0.25, -0.2) is 4.99 Å². The van der Waals surface area contributed by atoms with Gasteiger partial charge in [-0.3, -0.25) is 9.59 Å². The number of aliphatic imine (C=N–C) groups is 1. The number of Topliss-reactive ketones (excluding diaryl/α,β-unsaturated/α-hetero) is 1. The van der Waals surface area contributed by atoms with Crippen LogP contribution in [0.1, 0.15) is 18.4 Å². The Morgan fingerprint density at radius 2 is 2.27 bits per heavy atom. The largest absolute Gasteiger partial charge is 0.469 e. The van der Waals surface area contributed by atoms with Crippen molar-refractivity contribution in [3.05, 3.63) is 46.2 Å². The van der Waals surface area contributed by atoms with E-state index in [1.165, 1.54) is 24.5 Å². The van der Waals surface area contributed by atoms with Gasteiger partial charge in [-0.15, -0.1) is 0 Å². The topological polar surface area (TPSA) is 81.8 Å². The van der Waals surface area contributed by atoms with Gasteiger partial charge in [-0.2, -0.15) is 11.3 Å². The smallest absolute Gasteiger partial charge is 0.313 e. The molecule has 1 atom stereocenters. The number of halogens is 1. The van der Waals surface area contributed by atoms with Crippen LogP contribution in [0, 0.1) is 0 Å².